The third kappa shape index (κ3) is 5.32. The topological polar surface area (TPSA) is 36.3 Å². The van der Waals surface area contributed by atoms with E-state index >= 15 is 0 Å². The molecular formula is C16H24N2O. The van der Waals surface area contributed by atoms with Gasteiger partial charge in [-0.05, 0) is 50.6 Å². The Labute approximate surface area is 116 Å². The van der Waals surface area contributed by atoms with Crippen LogP contribution in [0, 0.1) is 11.3 Å². The van der Waals surface area contributed by atoms with Crippen LogP contribution in [0.3, 0.4) is 0 Å². The lowest BCUT2D eigenvalue weighted by Gasteiger charge is -2.26. The Kier molecular flexibility index (Phi) is 6.99. The number of hydrogen-bond donors (Lipinski definition) is 0. The summed E-state index contributed by atoms with van der Waals surface area (Å²) in [7, 11) is 0. The van der Waals surface area contributed by atoms with E-state index in [1.807, 2.05) is 12.1 Å². The number of hydrogen-bond acceptors (Lipinski definition) is 3. The molecule has 0 radical (unpaired) electrons. The molecule has 1 rings (SSSR count). The van der Waals surface area contributed by atoms with E-state index in [1.165, 1.54) is 6.42 Å². The zero-order chi connectivity index (χ0) is 14.1. The highest BCUT2D eigenvalue weighted by Crippen LogP contribution is 2.12. The van der Waals surface area contributed by atoms with Crippen molar-refractivity contribution >= 4 is 0 Å². The van der Waals surface area contributed by atoms with E-state index in [0.29, 0.717) is 11.6 Å². The number of rotatable bonds is 8. The first-order chi connectivity index (χ1) is 9.21. The molecule has 0 spiro atoms. The first-order valence-electron chi connectivity index (χ1n) is 7.08. The van der Waals surface area contributed by atoms with Crippen molar-refractivity contribution in [2.75, 3.05) is 19.7 Å². The molecule has 1 aromatic carbocycles. The van der Waals surface area contributed by atoms with Gasteiger partial charge in [0.05, 0.1) is 18.2 Å². The molecule has 0 fully saturated rings. The van der Waals surface area contributed by atoms with Crippen LogP contribution in [-0.4, -0.2) is 30.6 Å². The van der Waals surface area contributed by atoms with E-state index in [1.54, 1.807) is 12.1 Å². The van der Waals surface area contributed by atoms with Crippen LogP contribution in [0.5, 0.6) is 5.75 Å². The second kappa shape index (κ2) is 8.55. The highest BCUT2D eigenvalue weighted by atomic mass is 16.5. The number of nitriles is 1. The molecule has 104 valence electrons. The van der Waals surface area contributed by atoms with E-state index in [2.05, 4.69) is 31.7 Å². The van der Waals surface area contributed by atoms with Gasteiger partial charge in [-0.25, -0.2) is 0 Å². The predicted molar refractivity (Wildman–Crippen MR) is 78.3 cm³/mol. The Hall–Kier alpha value is -1.53. The number of nitrogens with zero attached hydrogens (tertiary/aromatic N) is 2. The van der Waals surface area contributed by atoms with Gasteiger partial charge in [0.2, 0.25) is 0 Å². The van der Waals surface area contributed by atoms with Gasteiger partial charge >= 0.3 is 0 Å². The van der Waals surface area contributed by atoms with Crippen molar-refractivity contribution in [3.05, 3.63) is 29.8 Å². The second-order valence-electron chi connectivity index (χ2n) is 4.72. The van der Waals surface area contributed by atoms with Gasteiger partial charge in [0.25, 0.3) is 0 Å². The molecule has 1 unspecified atom stereocenters. The molecule has 0 N–H and O–H groups in total. The van der Waals surface area contributed by atoms with Crippen LogP contribution < -0.4 is 4.74 Å². The summed E-state index contributed by atoms with van der Waals surface area (Å²) in [4.78, 5) is 2.47. The number of benzene rings is 1. The summed E-state index contributed by atoms with van der Waals surface area (Å²) in [5, 5.41) is 8.71. The van der Waals surface area contributed by atoms with Crippen molar-refractivity contribution in [2.45, 2.75) is 39.7 Å². The van der Waals surface area contributed by atoms with Crippen LogP contribution in [0.25, 0.3) is 0 Å². The number of ether oxygens (including phenoxy) is 1. The summed E-state index contributed by atoms with van der Waals surface area (Å²) in [6.45, 7) is 9.58. The van der Waals surface area contributed by atoms with E-state index in [4.69, 9.17) is 10.00 Å². The maximum absolute atomic E-state index is 8.71. The van der Waals surface area contributed by atoms with E-state index < -0.39 is 0 Å². The van der Waals surface area contributed by atoms with Crippen molar-refractivity contribution < 1.29 is 4.74 Å². The maximum Gasteiger partial charge on any atom is 0.119 e. The van der Waals surface area contributed by atoms with E-state index in [9.17, 15) is 0 Å². The molecular weight excluding hydrogens is 236 g/mol. The Morgan fingerprint density at radius 3 is 2.47 bits per heavy atom. The Balaban J connectivity index is 2.28. The molecule has 3 heteroatoms. The third-order valence-electron chi connectivity index (χ3n) is 3.46. The first kappa shape index (κ1) is 15.5. The quantitative estimate of drug-likeness (QED) is 0.672. The zero-order valence-electron chi connectivity index (χ0n) is 12.2. The first-order valence-corrected chi connectivity index (χ1v) is 7.08. The van der Waals surface area contributed by atoms with Crippen LogP contribution in [0.4, 0.5) is 0 Å². The molecule has 3 nitrogen and oxygen atoms in total. The summed E-state index contributed by atoms with van der Waals surface area (Å²) in [6, 6.07) is 10.0. The molecule has 0 saturated carbocycles. The monoisotopic (exact) mass is 260 g/mol. The molecule has 19 heavy (non-hydrogen) atoms. The van der Waals surface area contributed by atoms with Gasteiger partial charge in [0, 0.05) is 12.6 Å². The van der Waals surface area contributed by atoms with E-state index in [0.717, 1.165) is 31.9 Å². The molecule has 0 amide bonds. The highest BCUT2D eigenvalue weighted by molar-refractivity contribution is 5.34. The average molecular weight is 260 g/mol. The van der Waals surface area contributed by atoms with Crippen molar-refractivity contribution in [1.29, 1.82) is 5.26 Å². The third-order valence-corrected chi connectivity index (χ3v) is 3.46. The van der Waals surface area contributed by atoms with Gasteiger partial charge in [-0.3, -0.25) is 0 Å². The SMILES string of the molecule is CCC(C)N(CC)CCCOc1ccc(C#N)cc1. The fourth-order valence-corrected chi connectivity index (χ4v) is 2.03. The standard InChI is InChI=1S/C16H24N2O/c1-4-14(3)18(5-2)11-6-12-19-16-9-7-15(13-17)8-10-16/h7-10,14H,4-6,11-12H2,1-3H3. The molecule has 0 saturated heterocycles. The zero-order valence-corrected chi connectivity index (χ0v) is 12.2. The predicted octanol–water partition coefficient (Wildman–Crippen LogP) is 3.45. The minimum atomic E-state index is 0.639. The Bertz CT molecular complexity index is 394. The molecule has 0 aromatic heterocycles. The van der Waals surface area contributed by atoms with Crippen molar-refractivity contribution in [1.82, 2.24) is 4.90 Å². The smallest absolute Gasteiger partial charge is 0.119 e. The maximum atomic E-state index is 8.71. The van der Waals surface area contributed by atoms with Crippen molar-refractivity contribution in [3.8, 4) is 11.8 Å². The largest absolute Gasteiger partial charge is 0.494 e. The van der Waals surface area contributed by atoms with Gasteiger partial charge < -0.3 is 9.64 Å². The van der Waals surface area contributed by atoms with Gasteiger partial charge in [-0.2, -0.15) is 5.26 Å². The lowest BCUT2D eigenvalue weighted by Crippen LogP contribution is -2.33. The summed E-state index contributed by atoms with van der Waals surface area (Å²) in [6.07, 6.45) is 2.21. The summed E-state index contributed by atoms with van der Waals surface area (Å²) in [5.41, 5.74) is 0.668. The molecule has 0 bridgehead atoms. The van der Waals surface area contributed by atoms with Crippen LogP contribution in [0.15, 0.2) is 24.3 Å². The second-order valence-corrected chi connectivity index (χ2v) is 4.72. The minimum Gasteiger partial charge on any atom is -0.494 e. The van der Waals surface area contributed by atoms with Crippen LogP contribution in [0.2, 0.25) is 0 Å². The van der Waals surface area contributed by atoms with E-state index in [-0.39, 0.29) is 0 Å². The molecule has 0 aliphatic heterocycles. The molecule has 0 aliphatic carbocycles. The average Bonchev–Trinajstić information content (AvgIpc) is 2.47. The van der Waals surface area contributed by atoms with Gasteiger partial charge in [-0.1, -0.05) is 13.8 Å². The van der Waals surface area contributed by atoms with Crippen molar-refractivity contribution in [2.24, 2.45) is 0 Å². The van der Waals surface area contributed by atoms with Crippen LogP contribution in [0.1, 0.15) is 39.2 Å². The fourth-order valence-electron chi connectivity index (χ4n) is 2.03. The highest BCUT2D eigenvalue weighted by Gasteiger charge is 2.08. The lowest BCUT2D eigenvalue weighted by atomic mass is 10.2. The van der Waals surface area contributed by atoms with Crippen molar-refractivity contribution in [3.63, 3.8) is 0 Å². The molecule has 1 aromatic rings. The normalized spacial score (nSPS) is 12.2. The molecule has 0 aliphatic rings. The Morgan fingerprint density at radius 1 is 1.26 bits per heavy atom. The lowest BCUT2D eigenvalue weighted by molar-refractivity contribution is 0.193. The summed E-state index contributed by atoms with van der Waals surface area (Å²) < 4.78 is 5.68. The Morgan fingerprint density at radius 2 is 1.95 bits per heavy atom. The van der Waals surface area contributed by atoms with Gasteiger partial charge in [0.15, 0.2) is 0 Å². The van der Waals surface area contributed by atoms with Crippen LogP contribution in [-0.2, 0) is 0 Å². The van der Waals surface area contributed by atoms with Crippen LogP contribution >= 0.6 is 0 Å². The minimum absolute atomic E-state index is 0.639. The fraction of sp³-hybridized carbons (Fsp3) is 0.562. The van der Waals surface area contributed by atoms with Gasteiger partial charge in [-0.15, -0.1) is 0 Å². The molecule has 1 atom stereocenters. The van der Waals surface area contributed by atoms with Gasteiger partial charge in [0.1, 0.15) is 5.75 Å². The summed E-state index contributed by atoms with van der Waals surface area (Å²) in [5.74, 6) is 0.839. The summed E-state index contributed by atoms with van der Waals surface area (Å²) >= 11 is 0. The molecule has 0 heterocycles.